The van der Waals surface area contributed by atoms with Crippen molar-refractivity contribution < 1.29 is 9.53 Å². The lowest BCUT2D eigenvalue weighted by Crippen LogP contribution is -2.05. The summed E-state index contributed by atoms with van der Waals surface area (Å²) >= 11 is 0. The molecule has 2 nitrogen and oxygen atoms in total. The number of carbonyl (C=O) groups excluding carboxylic acids is 1. The van der Waals surface area contributed by atoms with Gasteiger partial charge in [-0.15, -0.1) is 0 Å². The number of rotatable bonds is 31. The number of hydrogen-bond acceptors (Lipinski definition) is 2. The van der Waals surface area contributed by atoms with Crippen LogP contribution in [0.3, 0.4) is 0 Å². The van der Waals surface area contributed by atoms with E-state index in [4.69, 9.17) is 4.74 Å². The summed E-state index contributed by atoms with van der Waals surface area (Å²) in [6.45, 7) is 5.20. The van der Waals surface area contributed by atoms with Gasteiger partial charge in [0.15, 0.2) is 0 Å². The third kappa shape index (κ3) is 31.5. The van der Waals surface area contributed by atoms with Crippen LogP contribution in [0.5, 0.6) is 0 Å². The molecule has 0 aliphatic rings. The molecule has 0 aliphatic carbocycles. The van der Waals surface area contributed by atoms with Gasteiger partial charge < -0.3 is 4.74 Å². The van der Waals surface area contributed by atoms with Crippen molar-refractivity contribution in [2.45, 2.75) is 206 Å². The molecule has 2 heteroatoms. The average molecular weight is 509 g/mol. The van der Waals surface area contributed by atoms with E-state index in [9.17, 15) is 4.79 Å². The van der Waals surface area contributed by atoms with Crippen LogP contribution in [0.4, 0.5) is 0 Å². The number of ether oxygens (including phenoxy) is 1. The van der Waals surface area contributed by atoms with Gasteiger partial charge in [-0.2, -0.15) is 0 Å². The highest BCUT2D eigenvalue weighted by Crippen LogP contribution is 2.15. The second kappa shape index (κ2) is 32.5. The topological polar surface area (TPSA) is 26.3 Å². The van der Waals surface area contributed by atoms with E-state index in [-0.39, 0.29) is 5.97 Å². The van der Waals surface area contributed by atoms with E-state index in [2.05, 4.69) is 13.8 Å². The summed E-state index contributed by atoms with van der Waals surface area (Å²) in [6, 6.07) is 0. The predicted molar refractivity (Wildman–Crippen MR) is 161 cm³/mol. The summed E-state index contributed by atoms with van der Waals surface area (Å²) < 4.78 is 5.41. The Morgan fingerprint density at radius 1 is 0.361 bits per heavy atom. The van der Waals surface area contributed by atoms with Gasteiger partial charge in [-0.3, -0.25) is 4.79 Å². The molecule has 0 saturated carbocycles. The van der Waals surface area contributed by atoms with Crippen LogP contribution in [-0.2, 0) is 9.53 Å². The Morgan fingerprint density at radius 2 is 0.611 bits per heavy atom. The maximum atomic E-state index is 11.8. The smallest absolute Gasteiger partial charge is 0.305 e. The van der Waals surface area contributed by atoms with E-state index in [1.54, 1.807) is 0 Å². The molecule has 0 radical (unpaired) electrons. The fourth-order valence-electron chi connectivity index (χ4n) is 5.20. The quantitative estimate of drug-likeness (QED) is 0.0687. The SMILES string of the molecule is CCCCCCCCCCCCCCCCCCCCCCOC(=O)CCCCCCCCCCC. The zero-order chi connectivity index (χ0) is 26.2. The zero-order valence-electron chi connectivity index (χ0n) is 25.2. The van der Waals surface area contributed by atoms with Crippen LogP contribution < -0.4 is 0 Å². The van der Waals surface area contributed by atoms with Crippen LogP contribution in [0.15, 0.2) is 0 Å². The lowest BCUT2D eigenvalue weighted by Gasteiger charge is -2.06. The largest absolute Gasteiger partial charge is 0.466 e. The van der Waals surface area contributed by atoms with Gasteiger partial charge in [-0.1, -0.05) is 187 Å². The number of carbonyl (C=O) groups is 1. The average Bonchev–Trinajstić information content (AvgIpc) is 2.88. The molecular weight excluding hydrogens is 440 g/mol. The second-order valence-electron chi connectivity index (χ2n) is 11.5. The first kappa shape index (κ1) is 35.5. The van der Waals surface area contributed by atoms with Crippen molar-refractivity contribution in [2.75, 3.05) is 6.61 Å². The molecule has 0 amide bonds. The van der Waals surface area contributed by atoms with Crippen molar-refractivity contribution in [3.8, 4) is 0 Å². The molecule has 0 fully saturated rings. The Hall–Kier alpha value is -0.530. The molecule has 0 N–H and O–H groups in total. The van der Waals surface area contributed by atoms with Gasteiger partial charge in [-0.05, 0) is 12.8 Å². The van der Waals surface area contributed by atoms with E-state index in [1.165, 1.54) is 173 Å². The molecule has 36 heavy (non-hydrogen) atoms. The molecule has 0 rings (SSSR count). The van der Waals surface area contributed by atoms with E-state index in [1.807, 2.05) is 0 Å². The Labute approximate surface area is 228 Å². The Morgan fingerprint density at radius 3 is 0.917 bits per heavy atom. The van der Waals surface area contributed by atoms with Crippen LogP contribution in [0.2, 0.25) is 0 Å². The summed E-state index contributed by atoms with van der Waals surface area (Å²) in [7, 11) is 0. The first-order valence-electron chi connectivity index (χ1n) is 17.0. The first-order valence-corrected chi connectivity index (χ1v) is 17.0. The molecule has 0 aromatic carbocycles. The van der Waals surface area contributed by atoms with Crippen molar-refractivity contribution in [2.24, 2.45) is 0 Å². The first-order chi connectivity index (χ1) is 17.8. The molecule has 0 heterocycles. The summed E-state index contributed by atoms with van der Waals surface area (Å²) in [5.41, 5.74) is 0. The van der Waals surface area contributed by atoms with Crippen LogP contribution in [-0.4, -0.2) is 12.6 Å². The number of esters is 1. The van der Waals surface area contributed by atoms with Crippen LogP contribution in [0, 0.1) is 0 Å². The van der Waals surface area contributed by atoms with Crippen molar-refractivity contribution >= 4 is 5.97 Å². The van der Waals surface area contributed by atoms with E-state index in [0.717, 1.165) is 12.8 Å². The summed E-state index contributed by atoms with van der Waals surface area (Å²) in [5, 5.41) is 0. The zero-order valence-corrected chi connectivity index (χ0v) is 25.2. The molecule has 0 atom stereocenters. The Kier molecular flexibility index (Phi) is 32.0. The molecule has 0 unspecified atom stereocenters. The van der Waals surface area contributed by atoms with Crippen molar-refractivity contribution in [1.29, 1.82) is 0 Å². The normalized spacial score (nSPS) is 11.3. The molecule has 0 aromatic rings. The van der Waals surface area contributed by atoms with Gasteiger partial charge in [-0.25, -0.2) is 0 Å². The van der Waals surface area contributed by atoms with Gasteiger partial charge in [0.05, 0.1) is 6.61 Å². The highest BCUT2D eigenvalue weighted by molar-refractivity contribution is 5.69. The highest BCUT2D eigenvalue weighted by atomic mass is 16.5. The Balaban J connectivity index is 3.11. The van der Waals surface area contributed by atoms with Crippen molar-refractivity contribution in [3.05, 3.63) is 0 Å². The van der Waals surface area contributed by atoms with Crippen molar-refractivity contribution in [1.82, 2.24) is 0 Å². The molecule has 216 valence electrons. The van der Waals surface area contributed by atoms with Gasteiger partial charge in [0.25, 0.3) is 0 Å². The number of hydrogen-bond donors (Lipinski definition) is 0. The maximum Gasteiger partial charge on any atom is 0.305 e. The third-order valence-electron chi connectivity index (χ3n) is 7.75. The van der Waals surface area contributed by atoms with Crippen LogP contribution in [0.1, 0.15) is 206 Å². The highest BCUT2D eigenvalue weighted by Gasteiger charge is 2.02. The molecule has 0 bridgehead atoms. The molecule has 0 aliphatic heterocycles. The predicted octanol–water partition coefficient (Wildman–Crippen LogP) is 12.3. The fourth-order valence-corrected chi connectivity index (χ4v) is 5.20. The van der Waals surface area contributed by atoms with Crippen molar-refractivity contribution in [3.63, 3.8) is 0 Å². The molecule has 0 aromatic heterocycles. The standard InChI is InChI=1S/C34H68O2/c1-3-5-7-9-11-13-14-15-16-17-18-19-20-21-22-23-25-27-29-31-33-36-34(35)32-30-28-26-24-12-10-8-6-4-2/h3-33H2,1-2H3. The number of unbranched alkanes of at least 4 members (excludes halogenated alkanes) is 27. The monoisotopic (exact) mass is 509 g/mol. The van der Waals surface area contributed by atoms with E-state index < -0.39 is 0 Å². The minimum atomic E-state index is 0.0238. The summed E-state index contributed by atoms with van der Waals surface area (Å²) in [6.07, 6.45) is 40.2. The molecule has 0 spiro atoms. The minimum Gasteiger partial charge on any atom is -0.466 e. The third-order valence-corrected chi connectivity index (χ3v) is 7.75. The summed E-state index contributed by atoms with van der Waals surface area (Å²) in [4.78, 5) is 11.8. The van der Waals surface area contributed by atoms with E-state index in [0.29, 0.717) is 13.0 Å². The van der Waals surface area contributed by atoms with Crippen LogP contribution in [0.25, 0.3) is 0 Å². The van der Waals surface area contributed by atoms with E-state index >= 15 is 0 Å². The maximum absolute atomic E-state index is 11.8. The van der Waals surface area contributed by atoms with Gasteiger partial charge in [0, 0.05) is 6.42 Å². The fraction of sp³-hybridized carbons (Fsp3) is 0.971. The molecular formula is C34H68O2. The van der Waals surface area contributed by atoms with Gasteiger partial charge in [0.1, 0.15) is 0 Å². The molecule has 0 saturated heterocycles. The van der Waals surface area contributed by atoms with Gasteiger partial charge >= 0.3 is 5.97 Å². The minimum absolute atomic E-state index is 0.0238. The van der Waals surface area contributed by atoms with Gasteiger partial charge in [0.2, 0.25) is 0 Å². The van der Waals surface area contributed by atoms with Crippen LogP contribution >= 0.6 is 0 Å². The Bertz CT molecular complexity index is 406. The second-order valence-corrected chi connectivity index (χ2v) is 11.5. The lowest BCUT2D eigenvalue weighted by atomic mass is 10.0. The summed E-state index contributed by atoms with van der Waals surface area (Å²) in [5.74, 6) is 0.0238. The lowest BCUT2D eigenvalue weighted by molar-refractivity contribution is -0.143.